The van der Waals surface area contributed by atoms with Crippen LogP contribution in [0.1, 0.15) is 41.3 Å². The lowest BCUT2D eigenvalue weighted by molar-refractivity contribution is -0.137. The minimum atomic E-state index is -0.559. The van der Waals surface area contributed by atoms with Gasteiger partial charge in [0.1, 0.15) is 0 Å². The number of esters is 2. The van der Waals surface area contributed by atoms with E-state index in [4.69, 9.17) is 4.74 Å². The Morgan fingerprint density at radius 1 is 1.25 bits per heavy atom. The molecule has 16 heavy (non-hydrogen) atoms. The Hall–Kier alpha value is -1.64. The van der Waals surface area contributed by atoms with Gasteiger partial charge in [0.25, 0.3) is 0 Å². The number of aryl methyl sites for hydroxylation is 2. The second-order valence-electron chi connectivity index (χ2n) is 3.83. The molecule has 0 saturated carbocycles. The molecule has 0 bridgehead atoms. The van der Waals surface area contributed by atoms with Gasteiger partial charge < -0.3 is 4.74 Å². The first-order chi connectivity index (χ1) is 7.54. The van der Waals surface area contributed by atoms with Gasteiger partial charge in [-0.05, 0) is 31.9 Å². The van der Waals surface area contributed by atoms with Crippen LogP contribution in [0.2, 0.25) is 0 Å². The Kier molecular flexibility index (Phi) is 4.23. The van der Waals surface area contributed by atoms with E-state index in [0.29, 0.717) is 12.0 Å². The first-order valence-electron chi connectivity index (χ1n) is 5.37. The maximum absolute atomic E-state index is 11.6. The van der Waals surface area contributed by atoms with E-state index < -0.39 is 11.9 Å². The van der Waals surface area contributed by atoms with Crippen molar-refractivity contribution in [1.29, 1.82) is 0 Å². The maximum atomic E-state index is 11.6. The summed E-state index contributed by atoms with van der Waals surface area (Å²) in [5.41, 5.74) is 2.36. The molecular formula is C13H16O3. The lowest BCUT2D eigenvalue weighted by atomic mass is 10.1. The topological polar surface area (TPSA) is 43.4 Å². The van der Waals surface area contributed by atoms with Gasteiger partial charge in [0.15, 0.2) is 0 Å². The van der Waals surface area contributed by atoms with Crippen molar-refractivity contribution in [2.75, 3.05) is 0 Å². The van der Waals surface area contributed by atoms with Crippen LogP contribution in [0.4, 0.5) is 0 Å². The van der Waals surface area contributed by atoms with Crippen LogP contribution in [0.5, 0.6) is 0 Å². The highest BCUT2D eigenvalue weighted by Crippen LogP contribution is 2.12. The highest BCUT2D eigenvalue weighted by molar-refractivity contribution is 5.97. The minimum Gasteiger partial charge on any atom is -0.389 e. The molecule has 0 aliphatic carbocycles. The molecule has 0 aromatic heterocycles. The fourth-order valence-electron chi connectivity index (χ4n) is 1.46. The molecular weight excluding hydrogens is 204 g/mol. The molecule has 0 heterocycles. The molecule has 0 amide bonds. The van der Waals surface area contributed by atoms with Gasteiger partial charge in [0, 0.05) is 6.42 Å². The molecule has 0 aliphatic rings. The zero-order chi connectivity index (χ0) is 12.1. The van der Waals surface area contributed by atoms with E-state index in [1.54, 1.807) is 6.07 Å². The summed E-state index contributed by atoms with van der Waals surface area (Å²) in [6, 6.07) is 5.40. The number of carbonyl (C=O) groups excluding carboxylic acids is 2. The van der Waals surface area contributed by atoms with Crippen LogP contribution in [0, 0.1) is 13.8 Å². The molecule has 0 unspecified atom stereocenters. The van der Waals surface area contributed by atoms with Crippen LogP contribution in [-0.2, 0) is 9.53 Å². The standard InChI is InChI=1S/C13H16O3/c1-4-5-12(14)16-13(15)11-7-6-9(2)8-10(11)3/h6-8H,4-5H2,1-3H3. The SMILES string of the molecule is CCCC(=O)OC(=O)c1ccc(C)cc1C. The van der Waals surface area contributed by atoms with Crippen LogP contribution >= 0.6 is 0 Å². The summed E-state index contributed by atoms with van der Waals surface area (Å²) in [5, 5.41) is 0. The summed E-state index contributed by atoms with van der Waals surface area (Å²) in [5.74, 6) is -1.02. The van der Waals surface area contributed by atoms with E-state index in [9.17, 15) is 9.59 Å². The molecule has 3 nitrogen and oxygen atoms in total. The molecule has 0 spiro atoms. The number of rotatable bonds is 3. The fraction of sp³-hybridized carbons (Fsp3) is 0.385. The first kappa shape index (κ1) is 12.4. The van der Waals surface area contributed by atoms with Crippen LogP contribution in [0.3, 0.4) is 0 Å². The number of hydrogen-bond donors (Lipinski definition) is 0. The third kappa shape index (κ3) is 3.19. The Balaban J connectivity index is 2.77. The molecule has 1 aromatic carbocycles. The van der Waals surface area contributed by atoms with Gasteiger partial charge in [-0.15, -0.1) is 0 Å². The Labute approximate surface area is 95.4 Å². The third-order valence-electron chi connectivity index (χ3n) is 2.26. The predicted octanol–water partition coefficient (Wildman–Crippen LogP) is 2.79. The normalized spacial score (nSPS) is 9.94. The molecule has 0 fully saturated rings. The molecule has 86 valence electrons. The third-order valence-corrected chi connectivity index (χ3v) is 2.26. The van der Waals surface area contributed by atoms with Gasteiger partial charge in [-0.25, -0.2) is 4.79 Å². The van der Waals surface area contributed by atoms with Crippen LogP contribution in [-0.4, -0.2) is 11.9 Å². The molecule has 0 atom stereocenters. The summed E-state index contributed by atoms with van der Waals surface area (Å²) in [7, 11) is 0. The van der Waals surface area contributed by atoms with E-state index in [1.807, 2.05) is 32.9 Å². The summed E-state index contributed by atoms with van der Waals surface area (Å²) < 4.78 is 4.72. The second-order valence-corrected chi connectivity index (χ2v) is 3.83. The van der Waals surface area contributed by atoms with Crippen LogP contribution in [0.25, 0.3) is 0 Å². The van der Waals surface area contributed by atoms with Gasteiger partial charge >= 0.3 is 11.9 Å². The van der Waals surface area contributed by atoms with Crippen molar-refractivity contribution in [3.05, 3.63) is 34.9 Å². The Morgan fingerprint density at radius 3 is 2.50 bits per heavy atom. The molecule has 0 radical (unpaired) electrons. The van der Waals surface area contributed by atoms with Crippen molar-refractivity contribution < 1.29 is 14.3 Å². The number of hydrogen-bond acceptors (Lipinski definition) is 3. The average Bonchev–Trinajstić information content (AvgIpc) is 2.17. The van der Waals surface area contributed by atoms with Gasteiger partial charge in [0.2, 0.25) is 0 Å². The minimum absolute atomic E-state index is 0.274. The molecule has 0 aliphatic heterocycles. The van der Waals surface area contributed by atoms with E-state index in [1.165, 1.54) is 0 Å². The van der Waals surface area contributed by atoms with Crippen molar-refractivity contribution in [3.8, 4) is 0 Å². The number of ether oxygens (including phenoxy) is 1. The van der Waals surface area contributed by atoms with Crippen molar-refractivity contribution in [2.45, 2.75) is 33.6 Å². The van der Waals surface area contributed by atoms with Gasteiger partial charge in [-0.2, -0.15) is 0 Å². The zero-order valence-electron chi connectivity index (χ0n) is 9.87. The molecule has 0 N–H and O–H groups in total. The smallest absolute Gasteiger partial charge is 0.346 e. The monoisotopic (exact) mass is 220 g/mol. The lowest BCUT2D eigenvalue weighted by Crippen LogP contribution is -2.13. The van der Waals surface area contributed by atoms with E-state index in [-0.39, 0.29) is 6.42 Å². The highest BCUT2D eigenvalue weighted by atomic mass is 16.6. The largest absolute Gasteiger partial charge is 0.389 e. The second kappa shape index (κ2) is 5.45. The number of carbonyl (C=O) groups is 2. The molecule has 1 rings (SSSR count). The fourth-order valence-corrected chi connectivity index (χ4v) is 1.46. The van der Waals surface area contributed by atoms with Crippen LogP contribution < -0.4 is 0 Å². The van der Waals surface area contributed by atoms with Crippen molar-refractivity contribution in [3.63, 3.8) is 0 Å². The molecule has 3 heteroatoms. The van der Waals surface area contributed by atoms with E-state index in [2.05, 4.69) is 0 Å². The highest BCUT2D eigenvalue weighted by Gasteiger charge is 2.14. The summed E-state index contributed by atoms with van der Waals surface area (Å²) >= 11 is 0. The molecule has 1 aromatic rings. The van der Waals surface area contributed by atoms with E-state index >= 15 is 0 Å². The Morgan fingerprint density at radius 2 is 1.94 bits per heavy atom. The summed E-state index contributed by atoms with van der Waals surface area (Å²) in [6.07, 6.45) is 0.954. The van der Waals surface area contributed by atoms with Crippen LogP contribution in [0.15, 0.2) is 18.2 Å². The van der Waals surface area contributed by atoms with E-state index in [0.717, 1.165) is 11.1 Å². The van der Waals surface area contributed by atoms with Gasteiger partial charge in [-0.1, -0.05) is 24.6 Å². The summed E-state index contributed by atoms with van der Waals surface area (Å²) in [6.45, 7) is 5.64. The zero-order valence-corrected chi connectivity index (χ0v) is 9.87. The summed E-state index contributed by atoms with van der Waals surface area (Å²) in [4.78, 5) is 22.8. The quantitative estimate of drug-likeness (QED) is 0.581. The first-order valence-corrected chi connectivity index (χ1v) is 5.37. The van der Waals surface area contributed by atoms with Gasteiger partial charge in [-0.3, -0.25) is 4.79 Å². The average molecular weight is 220 g/mol. The Bertz CT molecular complexity index is 408. The lowest BCUT2D eigenvalue weighted by Gasteiger charge is -2.05. The predicted molar refractivity (Wildman–Crippen MR) is 61.2 cm³/mol. The van der Waals surface area contributed by atoms with Crippen molar-refractivity contribution >= 4 is 11.9 Å². The van der Waals surface area contributed by atoms with Crippen molar-refractivity contribution in [1.82, 2.24) is 0 Å². The maximum Gasteiger partial charge on any atom is 0.346 e. The number of benzene rings is 1. The van der Waals surface area contributed by atoms with Crippen molar-refractivity contribution in [2.24, 2.45) is 0 Å². The van der Waals surface area contributed by atoms with Gasteiger partial charge in [0.05, 0.1) is 5.56 Å². The molecule has 0 saturated heterocycles.